The summed E-state index contributed by atoms with van der Waals surface area (Å²) >= 11 is 0.779. The molecule has 2 saturated carbocycles. The first-order chi connectivity index (χ1) is 24.7. The zero-order chi connectivity index (χ0) is 37.0. The highest BCUT2D eigenvalue weighted by molar-refractivity contribution is 7.91. The molecule has 4 amide bonds. The molecule has 278 valence electrons. The van der Waals surface area contributed by atoms with Crippen LogP contribution in [0.15, 0.2) is 41.8 Å². The Kier molecular flexibility index (Phi) is 9.34. The molecule has 4 aliphatic rings. The van der Waals surface area contributed by atoms with E-state index in [0.717, 1.165) is 23.1 Å². The molecule has 4 atom stereocenters. The summed E-state index contributed by atoms with van der Waals surface area (Å²) in [6.07, 6.45) is 1.66. The standard InChI is InChI=1S/C34H37F3N6O7S2/c1-42-12-6-4-3-5-7-19-16-33(19,31(45)41-52(47,48)22-9-10-22)40-32(46)43-17-21(14-26(43)30(42)44)50-27-15-25(29-39-28(18-51-29)34(35,36)37)38-24-13-20(49-2)8-11-23(24)27/h5,7-8,11,13,15,18-19,21-22,26H,3-4,6,9-10,12,14,16-17H2,1-2H3,(H,40,46)(H,41,45)/b7-5-/t19-,21+,26+,33-/m1/s1. The molecular weight excluding hydrogens is 726 g/mol. The molecule has 4 heterocycles. The van der Waals surface area contributed by atoms with Gasteiger partial charge in [0.25, 0.3) is 5.91 Å². The lowest BCUT2D eigenvalue weighted by atomic mass is 10.1. The van der Waals surface area contributed by atoms with Crippen molar-refractivity contribution in [1.82, 2.24) is 29.8 Å². The fourth-order valence-electron chi connectivity index (χ4n) is 6.72. The molecule has 1 saturated heterocycles. The van der Waals surface area contributed by atoms with Crippen LogP contribution in [0.1, 0.15) is 50.6 Å². The molecule has 2 aliphatic carbocycles. The molecule has 2 aliphatic heterocycles. The van der Waals surface area contributed by atoms with Crippen molar-refractivity contribution in [1.29, 1.82) is 0 Å². The van der Waals surface area contributed by atoms with Gasteiger partial charge in [0.15, 0.2) is 5.69 Å². The molecule has 7 rings (SSSR count). The van der Waals surface area contributed by atoms with Crippen LogP contribution in [0.4, 0.5) is 18.0 Å². The predicted molar refractivity (Wildman–Crippen MR) is 184 cm³/mol. The van der Waals surface area contributed by atoms with E-state index in [2.05, 4.69) is 20.0 Å². The number of benzene rings is 1. The SMILES string of the molecule is COc1ccc2c(O[C@H]3C[C@H]4C(=O)N(C)CCCC/C=C\[C@@H]5C[C@@]5(C(=O)NS(=O)(=O)C5CC5)NC(=O)N4C3)cc(-c3nc(C(F)(F)F)cs3)nc2c1. The van der Waals surface area contributed by atoms with Crippen molar-refractivity contribution in [3.63, 3.8) is 0 Å². The average Bonchev–Trinajstić information content (AvgIpc) is 3.97. The number of sulfonamides is 1. The van der Waals surface area contributed by atoms with Crippen LogP contribution in [0.25, 0.3) is 21.6 Å². The molecule has 52 heavy (non-hydrogen) atoms. The summed E-state index contributed by atoms with van der Waals surface area (Å²) in [6.45, 7) is 0.367. The molecular formula is C34H37F3N6O7S2. The third-order valence-corrected chi connectivity index (χ3v) is 12.6. The third-order valence-electron chi connectivity index (χ3n) is 9.90. The average molecular weight is 763 g/mol. The van der Waals surface area contributed by atoms with E-state index in [9.17, 15) is 36.0 Å². The number of nitrogens with zero attached hydrogens (tertiary/aromatic N) is 4. The molecule has 2 aromatic heterocycles. The van der Waals surface area contributed by atoms with E-state index >= 15 is 0 Å². The summed E-state index contributed by atoms with van der Waals surface area (Å²) in [5.41, 5.74) is -2.08. The van der Waals surface area contributed by atoms with Gasteiger partial charge in [-0.25, -0.2) is 23.2 Å². The van der Waals surface area contributed by atoms with Gasteiger partial charge in [-0.1, -0.05) is 12.2 Å². The molecule has 2 N–H and O–H groups in total. The van der Waals surface area contributed by atoms with Crippen LogP contribution in [-0.2, 0) is 25.8 Å². The number of nitrogens with one attached hydrogen (secondary N) is 2. The highest BCUT2D eigenvalue weighted by Crippen LogP contribution is 2.46. The molecule has 13 nitrogen and oxygen atoms in total. The first kappa shape index (κ1) is 35.9. The topological polar surface area (TPSA) is 160 Å². The summed E-state index contributed by atoms with van der Waals surface area (Å²) in [4.78, 5) is 52.7. The summed E-state index contributed by atoms with van der Waals surface area (Å²) in [7, 11) is -0.774. The largest absolute Gasteiger partial charge is 0.497 e. The lowest BCUT2D eigenvalue weighted by Gasteiger charge is -2.30. The zero-order valence-electron chi connectivity index (χ0n) is 28.3. The molecule has 18 heteroatoms. The summed E-state index contributed by atoms with van der Waals surface area (Å²) in [5.74, 6) is -0.886. The van der Waals surface area contributed by atoms with Crippen LogP contribution in [0.5, 0.6) is 11.5 Å². The van der Waals surface area contributed by atoms with Crippen LogP contribution in [0.3, 0.4) is 0 Å². The minimum absolute atomic E-state index is 0.0154. The molecule has 0 radical (unpaired) electrons. The van der Waals surface area contributed by atoms with Crippen molar-refractivity contribution in [2.24, 2.45) is 5.92 Å². The van der Waals surface area contributed by atoms with Gasteiger partial charge in [0.05, 0.1) is 24.4 Å². The smallest absolute Gasteiger partial charge is 0.434 e. The number of urea groups is 1. The van der Waals surface area contributed by atoms with Crippen LogP contribution in [-0.4, -0.2) is 96.2 Å². The van der Waals surface area contributed by atoms with Gasteiger partial charge in [-0.3, -0.25) is 14.3 Å². The van der Waals surface area contributed by atoms with E-state index in [4.69, 9.17) is 9.47 Å². The maximum absolute atomic E-state index is 14.1. The van der Waals surface area contributed by atoms with Crippen molar-refractivity contribution in [2.45, 2.75) is 74.1 Å². The Balaban J connectivity index is 1.20. The molecule has 0 bridgehead atoms. The normalized spacial score (nSPS) is 26.2. The van der Waals surface area contributed by atoms with Crippen molar-refractivity contribution in [3.8, 4) is 22.2 Å². The summed E-state index contributed by atoms with van der Waals surface area (Å²) in [5, 5.41) is 3.58. The van der Waals surface area contributed by atoms with Crippen LogP contribution < -0.4 is 19.5 Å². The van der Waals surface area contributed by atoms with Gasteiger partial charge >= 0.3 is 12.2 Å². The van der Waals surface area contributed by atoms with E-state index in [1.807, 2.05) is 12.2 Å². The van der Waals surface area contributed by atoms with E-state index in [0.29, 0.717) is 48.9 Å². The zero-order valence-corrected chi connectivity index (χ0v) is 29.9. The van der Waals surface area contributed by atoms with Crippen LogP contribution in [0, 0.1) is 5.92 Å². The van der Waals surface area contributed by atoms with Crippen molar-refractivity contribution >= 4 is 50.1 Å². The number of amides is 4. The number of thiazole rings is 1. The third kappa shape index (κ3) is 7.14. The number of aromatic nitrogens is 2. The number of methoxy groups -OCH3 is 1. The monoisotopic (exact) mass is 762 g/mol. The van der Waals surface area contributed by atoms with E-state index in [1.54, 1.807) is 30.1 Å². The summed E-state index contributed by atoms with van der Waals surface area (Å²) < 4.78 is 79.7. The van der Waals surface area contributed by atoms with Crippen LogP contribution >= 0.6 is 11.3 Å². The number of likely N-dealkylation sites (N-methyl/N-ethyl adjacent to an activating group) is 1. The Bertz CT molecular complexity index is 2050. The maximum Gasteiger partial charge on any atom is 0.434 e. The van der Waals surface area contributed by atoms with E-state index in [-0.39, 0.29) is 41.7 Å². The number of alkyl halides is 3. The number of fused-ring (bicyclic) bond motifs is 3. The van der Waals surface area contributed by atoms with Gasteiger partial charge in [-0.15, -0.1) is 11.3 Å². The molecule has 3 aromatic rings. The van der Waals surface area contributed by atoms with Crippen LogP contribution in [0.2, 0.25) is 0 Å². The van der Waals surface area contributed by atoms with E-state index in [1.165, 1.54) is 18.1 Å². The van der Waals surface area contributed by atoms with Gasteiger partial charge < -0.3 is 24.6 Å². The second kappa shape index (κ2) is 13.5. The van der Waals surface area contributed by atoms with Crippen molar-refractivity contribution in [2.75, 3.05) is 27.2 Å². The number of halogens is 3. The summed E-state index contributed by atoms with van der Waals surface area (Å²) in [6, 6.07) is 4.76. The second-order valence-electron chi connectivity index (χ2n) is 13.6. The molecule has 0 spiro atoms. The molecule has 3 fully saturated rings. The van der Waals surface area contributed by atoms with Crippen molar-refractivity contribution in [3.05, 3.63) is 47.5 Å². The molecule has 0 unspecified atom stereocenters. The Hall–Kier alpha value is -4.45. The first-order valence-electron chi connectivity index (χ1n) is 16.9. The molecule has 1 aromatic carbocycles. The highest BCUT2D eigenvalue weighted by atomic mass is 32.2. The van der Waals surface area contributed by atoms with Crippen molar-refractivity contribution < 1.29 is 45.4 Å². The Labute approximate surface area is 301 Å². The number of allylic oxidation sites excluding steroid dienone is 1. The maximum atomic E-state index is 14.1. The minimum atomic E-state index is -4.64. The number of pyridine rings is 1. The second-order valence-corrected chi connectivity index (χ2v) is 16.5. The predicted octanol–water partition coefficient (Wildman–Crippen LogP) is 4.48. The number of ether oxygens (including phenoxy) is 2. The lowest BCUT2D eigenvalue weighted by Crippen LogP contribution is -2.57. The fraction of sp³-hybridized carbons (Fsp3) is 0.500. The number of rotatable bonds is 7. The lowest BCUT2D eigenvalue weighted by molar-refractivity contribution is -0.140. The minimum Gasteiger partial charge on any atom is -0.497 e. The quantitative estimate of drug-likeness (QED) is 0.331. The highest BCUT2D eigenvalue weighted by Gasteiger charge is 2.62. The van der Waals surface area contributed by atoms with Gasteiger partial charge in [-0.05, 0) is 50.7 Å². The number of hydrogen-bond acceptors (Lipinski definition) is 10. The number of hydrogen-bond donors (Lipinski definition) is 2. The Morgan fingerprint density at radius 1 is 1.15 bits per heavy atom. The number of carbonyl (C=O) groups is 3. The van der Waals surface area contributed by atoms with Gasteiger partial charge in [0.1, 0.15) is 39.9 Å². The number of carbonyl (C=O) groups excluding carboxylic acids is 3. The van der Waals surface area contributed by atoms with E-state index < -0.39 is 62.7 Å². The van der Waals surface area contributed by atoms with Gasteiger partial charge in [0.2, 0.25) is 15.9 Å². The van der Waals surface area contributed by atoms with Gasteiger partial charge in [-0.2, -0.15) is 13.2 Å². The first-order valence-corrected chi connectivity index (χ1v) is 19.4. The Morgan fingerprint density at radius 3 is 2.65 bits per heavy atom. The Morgan fingerprint density at radius 2 is 1.94 bits per heavy atom. The fourth-order valence-corrected chi connectivity index (χ4v) is 8.87. The van der Waals surface area contributed by atoms with Gasteiger partial charge in [0, 0.05) is 48.8 Å².